The van der Waals surface area contributed by atoms with E-state index in [1.165, 1.54) is 0 Å². The second-order valence-electron chi connectivity index (χ2n) is 1.91. The SMILES string of the molecule is C=C=C(CN)n1ccc(Cl)n1. The second kappa shape index (κ2) is 3.39. The van der Waals surface area contributed by atoms with Gasteiger partial charge in [-0.3, -0.25) is 0 Å². The lowest BCUT2D eigenvalue weighted by Crippen LogP contribution is -2.08. The molecule has 0 aliphatic carbocycles. The summed E-state index contributed by atoms with van der Waals surface area (Å²) in [6.45, 7) is 3.82. The van der Waals surface area contributed by atoms with Crippen LogP contribution < -0.4 is 5.73 Å². The summed E-state index contributed by atoms with van der Waals surface area (Å²) in [5.74, 6) is 0. The molecular formula is C7H8ClN3. The third kappa shape index (κ3) is 1.71. The number of nitrogens with two attached hydrogens (primary N) is 1. The number of aromatic nitrogens is 2. The van der Waals surface area contributed by atoms with Crippen LogP contribution in [0.3, 0.4) is 0 Å². The van der Waals surface area contributed by atoms with E-state index in [4.69, 9.17) is 17.3 Å². The summed E-state index contributed by atoms with van der Waals surface area (Å²) in [4.78, 5) is 0. The molecule has 0 aliphatic heterocycles. The number of halogens is 1. The van der Waals surface area contributed by atoms with Crippen LogP contribution in [-0.4, -0.2) is 16.3 Å². The Morgan fingerprint density at radius 3 is 3.00 bits per heavy atom. The van der Waals surface area contributed by atoms with E-state index in [9.17, 15) is 0 Å². The van der Waals surface area contributed by atoms with Crippen LogP contribution in [0.1, 0.15) is 0 Å². The van der Waals surface area contributed by atoms with Gasteiger partial charge in [0.15, 0.2) is 5.15 Å². The summed E-state index contributed by atoms with van der Waals surface area (Å²) in [7, 11) is 0. The number of hydrogen-bond donors (Lipinski definition) is 1. The molecule has 0 spiro atoms. The van der Waals surface area contributed by atoms with Gasteiger partial charge in [-0.1, -0.05) is 18.2 Å². The van der Waals surface area contributed by atoms with Crippen LogP contribution in [-0.2, 0) is 0 Å². The molecule has 1 rings (SSSR count). The molecule has 2 N–H and O–H groups in total. The van der Waals surface area contributed by atoms with Gasteiger partial charge in [0.2, 0.25) is 0 Å². The van der Waals surface area contributed by atoms with Gasteiger partial charge in [0.1, 0.15) is 0 Å². The van der Waals surface area contributed by atoms with E-state index in [0.29, 0.717) is 17.4 Å². The van der Waals surface area contributed by atoms with Crippen molar-refractivity contribution in [1.29, 1.82) is 0 Å². The first-order valence-electron chi connectivity index (χ1n) is 3.08. The monoisotopic (exact) mass is 169 g/mol. The van der Waals surface area contributed by atoms with Gasteiger partial charge in [0.05, 0.1) is 5.70 Å². The average molecular weight is 170 g/mol. The molecular weight excluding hydrogens is 162 g/mol. The molecule has 0 bridgehead atoms. The molecule has 0 atom stereocenters. The van der Waals surface area contributed by atoms with E-state index in [0.717, 1.165) is 0 Å². The molecule has 0 unspecified atom stereocenters. The minimum Gasteiger partial charge on any atom is -0.325 e. The fourth-order valence-corrected chi connectivity index (χ4v) is 0.837. The molecule has 3 nitrogen and oxygen atoms in total. The van der Waals surface area contributed by atoms with E-state index in [1.54, 1.807) is 16.9 Å². The largest absolute Gasteiger partial charge is 0.325 e. The van der Waals surface area contributed by atoms with Crippen LogP contribution >= 0.6 is 11.6 Å². The summed E-state index contributed by atoms with van der Waals surface area (Å²) in [5.41, 5.74) is 8.75. The Bertz CT molecular complexity index is 296. The van der Waals surface area contributed by atoms with Crippen molar-refractivity contribution in [3.05, 3.63) is 29.7 Å². The lowest BCUT2D eigenvalue weighted by molar-refractivity contribution is 0.877. The molecule has 1 aromatic rings. The fraction of sp³-hybridized carbons (Fsp3) is 0.143. The van der Waals surface area contributed by atoms with E-state index in [-0.39, 0.29) is 0 Å². The topological polar surface area (TPSA) is 43.8 Å². The van der Waals surface area contributed by atoms with Crippen molar-refractivity contribution in [2.24, 2.45) is 5.73 Å². The minimum atomic E-state index is 0.349. The van der Waals surface area contributed by atoms with Crippen LogP contribution in [0.15, 0.2) is 24.6 Å². The number of nitrogens with zero attached hydrogens (tertiary/aromatic N) is 2. The molecule has 0 fully saturated rings. The highest BCUT2D eigenvalue weighted by Gasteiger charge is 1.97. The Hall–Kier alpha value is -1.02. The molecule has 0 aromatic carbocycles. The predicted octanol–water partition coefficient (Wildman–Crippen LogP) is 1.12. The molecule has 1 aromatic heterocycles. The summed E-state index contributed by atoms with van der Waals surface area (Å²) in [6, 6.07) is 1.68. The highest BCUT2D eigenvalue weighted by molar-refractivity contribution is 6.29. The van der Waals surface area contributed by atoms with Crippen molar-refractivity contribution in [2.75, 3.05) is 6.54 Å². The van der Waals surface area contributed by atoms with Crippen LogP contribution in [0.5, 0.6) is 0 Å². The Kier molecular flexibility index (Phi) is 2.49. The average Bonchev–Trinajstić information content (AvgIpc) is 2.39. The van der Waals surface area contributed by atoms with Gasteiger partial charge < -0.3 is 5.73 Å². The first-order chi connectivity index (χ1) is 5.27. The fourth-order valence-electron chi connectivity index (χ4n) is 0.699. The zero-order valence-electron chi connectivity index (χ0n) is 5.92. The van der Waals surface area contributed by atoms with Gasteiger partial charge in [-0.25, -0.2) is 4.68 Å². The lowest BCUT2D eigenvalue weighted by atomic mass is 10.5. The third-order valence-corrected chi connectivity index (χ3v) is 1.43. The third-order valence-electron chi connectivity index (χ3n) is 1.23. The molecule has 4 heteroatoms. The molecule has 0 aliphatic rings. The number of rotatable bonds is 2. The van der Waals surface area contributed by atoms with Gasteiger partial charge in [0.25, 0.3) is 0 Å². The van der Waals surface area contributed by atoms with Crippen molar-refractivity contribution < 1.29 is 0 Å². The van der Waals surface area contributed by atoms with Gasteiger partial charge in [-0.15, -0.1) is 5.73 Å². The van der Waals surface area contributed by atoms with Crippen LogP contribution in [0.25, 0.3) is 5.70 Å². The zero-order chi connectivity index (χ0) is 8.27. The normalized spacial score (nSPS) is 9.27. The van der Waals surface area contributed by atoms with Crippen molar-refractivity contribution in [1.82, 2.24) is 9.78 Å². The van der Waals surface area contributed by atoms with Crippen LogP contribution in [0.4, 0.5) is 0 Å². The Morgan fingerprint density at radius 1 is 1.91 bits per heavy atom. The van der Waals surface area contributed by atoms with E-state index in [2.05, 4.69) is 17.4 Å². The summed E-state index contributed by atoms with van der Waals surface area (Å²) in [5, 5.41) is 4.35. The Balaban J connectivity index is 3.01. The Morgan fingerprint density at radius 2 is 2.64 bits per heavy atom. The van der Waals surface area contributed by atoms with Gasteiger partial charge in [0, 0.05) is 12.7 Å². The first kappa shape index (κ1) is 8.08. The highest BCUT2D eigenvalue weighted by atomic mass is 35.5. The van der Waals surface area contributed by atoms with Crippen molar-refractivity contribution in [3.8, 4) is 0 Å². The van der Waals surface area contributed by atoms with Crippen molar-refractivity contribution in [2.45, 2.75) is 0 Å². The molecule has 0 saturated carbocycles. The van der Waals surface area contributed by atoms with E-state index in [1.807, 2.05) is 0 Å². The molecule has 0 saturated heterocycles. The molecule has 58 valence electrons. The maximum Gasteiger partial charge on any atom is 0.151 e. The van der Waals surface area contributed by atoms with E-state index >= 15 is 0 Å². The van der Waals surface area contributed by atoms with Gasteiger partial charge >= 0.3 is 0 Å². The highest BCUT2D eigenvalue weighted by Crippen LogP contribution is 2.06. The van der Waals surface area contributed by atoms with E-state index < -0.39 is 0 Å². The van der Waals surface area contributed by atoms with Crippen LogP contribution in [0, 0.1) is 0 Å². The van der Waals surface area contributed by atoms with Crippen molar-refractivity contribution in [3.63, 3.8) is 0 Å². The van der Waals surface area contributed by atoms with Crippen LogP contribution in [0.2, 0.25) is 5.15 Å². The van der Waals surface area contributed by atoms with Gasteiger partial charge in [-0.2, -0.15) is 5.10 Å². The maximum atomic E-state index is 5.58. The minimum absolute atomic E-state index is 0.349. The predicted molar refractivity (Wildman–Crippen MR) is 45.1 cm³/mol. The maximum absolute atomic E-state index is 5.58. The standard InChI is InChI=1S/C7H8ClN3/c1-2-6(5-9)11-4-3-7(8)10-11/h3-4H,1,5,9H2. The second-order valence-corrected chi connectivity index (χ2v) is 2.30. The molecule has 11 heavy (non-hydrogen) atoms. The Labute approximate surface area is 69.8 Å². The molecule has 1 heterocycles. The lowest BCUT2D eigenvalue weighted by Gasteiger charge is -1.98. The number of hydrogen-bond acceptors (Lipinski definition) is 2. The smallest absolute Gasteiger partial charge is 0.151 e. The quantitative estimate of drug-likeness (QED) is 0.675. The van der Waals surface area contributed by atoms with Crippen molar-refractivity contribution >= 4 is 17.3 Å². The molecule has 0 amide bonds. The zero-order valence-corrected chi connectivity index (χ0v) is 6.67. The molecule has 0 radical (unpaired) electrons. The van der Waals surface area contributed by atoms with Gasteiger partial charge in [-0.05, 0) is 6.07 Å². The summed E-state index contributed by atoms with van der Waals surface area (Å²) >= 11 is 5.58. The summed E-state index contributed by atoms with van der Waals surface area (Å²) in [6.07, 6.45) is 1.71. The summed E-state index contributed by atoms with van der Waals surface area (Å²) < 4.78 is 1.55. The first-order valence-corrected chi connectivity index (χ1v) is 3.46.